The van der Waals surface area contributed by atoms with Crippen molar-refractivity contribution in [2.75, 3.05) is 26.4 Å². The highest BCUT2D eigenvalue weighted by atomic mass is 31.2. The first-order chi connectivity index (χ1) is 24.8. The van der Waals surface area contributed by atoms with E-state index in [2.05, 4.69) is 26.0 Å². The van der Waals surface area contributed by atoms with E-state index in [0.29, 0.717) is 6.42 Å². The molecule has 0 heterocycles. The SMILES string of the molecule is CCCCCCCCC=CCCCCCCCC(=O)OCC(COP(=O)(O)OCCN)OC(=O)CCCCCCCCCCCCCCCCC. The summed E-state index contributed by atoms with van der Waals surface area (Å²) in [6.07, 6.45) is 38.1. The van der Waals surface area contributed by atoms with Crippen molar-refractivity contribution in [3.63, 3.8) is 0 Å². The summed E-state index contributed by atoms with van der Waals surface area (Å²) in [6, 6.07) is 0. The first-order valence-corrected chi connectivity index (χ1v) is 22.7. The Hall–Kier alpha value is -1.25. The zero-order chi connectivity index (χ0) is 37.5. The van der Waals surface area contributed by atoms with Crippen LogP contribution in [0.25, 0.3) is 0 Å². The number of rotatable bonds is 40. The zero-order valence-electron chi connectivity index (χ0n) is 33.1. The number of hydrogen-bond donors (Lipinski definition) is 2. The van der Waals surface area contributed by atoms with E-state index in [9.17, 15) is 19.0 Å². The molecule has 0 saturated heterocycles. The Bertz CT molecular complexity index is 856. The lowest BCUT2D eigenvalue weighted by molar-refractivity contribution is -0.161. The fourth-order valence-electron chi connectivity index (χ4n) is 5.98. The fourth-order valence-corrected chi connectivity index (χ4v) is 6.75. The third-order valence-electron chi connectivity index (χ3n) is 9.15. The lowest BCUT2D eigenvalue weighted by Crippen LogP contribution is -2.29. The van der Waals surface area contributed by atoms with Crippen molar-refractivity contribution >= 4 is 19.8 Å². The maximum absolute atomic E-state index is 12.6. The largest absolute Gasteiger partial charge is 0.472 e. The number of carbonyl (C=O) groups is 2. The lowest BCUT2D eigenvalue weighted by Gasteiger charge is -2.19. The first kappa shape index (κ1) is 49.8. The zero-order valence-corrected chi connectivity index (χ0v) is 34.0. The first-order valence-electron chi connectivity index (χ1n) is 21.2. The predicted molar refractivity (Wildman–Crippen MR) is 211 cm³/mol. The number of esters is 2. The maximum atomic E-state index is 12.6. The third-order valence-corrected chi connectivity index (χ3v) is 10.1. The molecule has 0 aromatic rings. The van der Waals surface area contributed by atoms with Gasteiger partial charge in [-0.15, -0.1) is 0 Å². The standard InChI is InChI=1S/C41H80NO8P/c1-3-5-7-9-11-13-15-17-19-21-23-25-27-29-31-33-40(43)47-37-39(38-49-51(45,46)48-36-35-42)50-41(44)34-32-30-28-26-24-22-20-18-16-14-12-10-8-6-4-2/h17,19,39H,3-16,18,20-38,42H2,1-2H3,(H,45,46). The van der Waals surface area contributed by atoms with E-state index in [1.165, 1.54) is 122 Å². The van der Waals surface area contributed by atoms with Crippen LogP contribution in [-0.4, -0.2) is 49.3 Å². The van der Waals surface area contributed by atoms with Crippen molar-refractivity contribution in [1.29, 1.82) is 0 Å². The van der Waals surface area contributed by atoms with Gasteiger partial charge in [0, 0.05) is 19.4 Å². The van der Waals surface area contributed by atoms with Gasteiger partial charge in [0.1, 0.15) is 6.61 Å². The Balaban J connectivity index is 4.15. The highest BCUT2D eigenvalue weighted by Gasteiger charge is 2.26. The van der Waals surface area contributed by atoms with Crippen LogP contribution in [0.5, 0.6) is 0 Å². The molecule has 0 aliphatic rings. The van der Waals surface area contributed by atoms with E-state index in [-0.39, 0.29) is 38.6 Å². The van der Waals surface area contributed by atoms with Gasteiger partial charge in [0.05, 0.1) is 13.2 Å². The third kappa shape index (κ3) is 38.3. The summed E-state index contributed by atoms with van der Waals surface area (Å²) in [6.45, 7) is 3.74. The molecule has 9 nitrogen and oxygen atoms in total. The Kier molecular flexibility index (Phi) is 37.5. The van der Waals surface area contributed by atoms with Gasteiger partial charge in [-0.2, -0.15) is 0 Å². The van der Waals surface area contributed by atoms with Crippen molar-refractivity contribution in [3.8, 4) is 0 Å². The van der Waals surface area contributed by atoms with Crippen molar-refractivity contribution in [1.82, 2.24) is 0 Å². The Labute approximate surface area is 313 Å². The van der Waals surface area contributed by atoms with Crippen LogP contribution in [0.1, 0.15) is 206 Å². The van der Waals surface area contributed by atoms with Gasteiger partial charge in [0.15, 0.2) is 6.10 Å². The van der Waals surface area contributed by atoms with Gasteiger partial charge in [-0.3, -0.25) is 18.6 Å². The average Bonchev–Trinajstić information content (AvgIpc) is 3.11. The molecular formula is C41H80NO8P. The summed E-state index contributed by atoms with van der Waals surface area (Å²) in [4.78, 5) is 34.8. The number of allylic oxidation sites excluding steroid dienone is 2. The minimum atomic E-state index is -4.37. The number of phosphoric ester groups is 1. The Morgan fingerprint density at radius 2 is 0.961 bits per heavy atom. The molecule has 2 unspecified atom stereocenters. The second-order valence-electron chi connectivity index (χ2n) is 14.2. The van der Waals surface area contributed by atoms with E-state index in [4.69, 9.17) is 24.3 Å². The van der Waals surface area contributed by atoms with Gasteiger partial charge in [-0.25, -0.2) is 4.57 Å². The van der Waals surface area contributed by atoms with Crippen molar-refractivity contribution < 1.29 is 37.6 Å². The van der Waals surface area contributed by atoms with Crippen LogP contribution in [0.4, 0.5) is 0 Å². The predicted octanol–water partition coefficient (Wildman–Crippen LogP) is 11.8. The maximum Gasteiger partial charge on any atom is 0.472 e. The second kappa shape index (κ2) is 38.5. The quantitative estimate of drug-likeness (QED) is 0.0272. The molecule has 0 aliphatic carbocycles. The molecule has 3 N–H and O–H groups in total. The summed E-state index contributed by atoms with van der Waals surface area (Å²) < 4.78 is 32.7. The van der Waals surface area contributed by atoms with E-state index in [0.717, 1.165) is 51.4 Å². The summed E-state index contributed by atoms with van der Waals surface area (Å²) in [5.74, 6) is -0.829. The van der Waals surface area contributed by atoms with Crippen LogP contribution in [0, 0.1) is 0 Å². The molecular weight excluding hydrogens is 665 g/mol. The van der Waals surface area contributed by atoms with Crippen LogP contribution in [-0.2, 0) is 32.7 Å². The molecule has 0 aromatic heterocycles. The molecule has 0 saturated carbocycles. The van der Waals surface area contributed by atoms with Gasteiger partial charge in [0.2, 0.25) is 0 Å². The number of ether oxygens (including phenoxy) is 2. The van der Waals surface area contributed by atoms with Crippen LogP contribution in [0.2, 0.25) is 0 Å². The molecule has 0 bridgehead atoms. The smallest absolute Gasteiger partial charge is 0.462 e. The molecule has 0 fully saturated rings. The summed E-state index contributed by atoms with van der Waals surface area (Å²) in [7, 11) is -4.37. The molecule has 0 aromatic carbocycles. The molecule has 2 atom stereocenters. The number of unbranched alkanes of at least 4 members (excludes halogenated alkanes) is 25. The second-order valence-corrected chi connectivity index (χ2v) is 15.7. The molecule has 0 rings (SSSR count). The van der Waals surface area contributed by atoms with Crippen LogP contribution >= 0.6 is 7.82 Å². The molecule has 0 spiro atoms. The van der Waals surface area contributed by atoms with Crippen LogP contribution in [0.15, 0.2) is 12.2 Å². The van der Waals surface area contributed by atoms with E-state index < -0.39 is 26.5 Å². The summed E-state index contributed by atoms with van der Waals surface area (Å²) in [5, 5.41) is 0. The minimum absolute atomic E-state index is 0.0551. The fraction of sp³-hybridized carbons (Fsp3) is 0.902. The Morgan fingerprint density at radius 3 is 1.39 bits per heavy atom. The highest BCUT2D eigenvalue weighted by molar-refractivity contribution is 7.47. The number of hydrogen-bond acceptors (Lipinski definition) is 8. The van der Waals surface area contributed by atoms with E-state index in [1.807, 2.05) is 0 Å². The average molecular weight is 746 g/mol. The molecule has 51 heavy (non-hydrogen) atoms. The topological polar surface area (TPSA) is 134 Å². The normalized spacial score (nSPS) is 13.4. The summed E-state index contributed by atoms with van der Waals surface area (Å²) in [5.41, 5.74) is 5.34. The van der Waals surface area contributed by atoms with Crippen molar-refractivity contribution in [2.24, 2.45) is 5.73 Å². The van der Waals surface area contributed by atoms with Crippen LogP contribution in [0.3, 0.4) is 0 Å². The minimum Gasteiger partial charge on any atom is -0.462 e. The number of nitrogens with two attached hydrogens (primary N) is 1. The Morgan fingerprint density at radius 1 is 0.569 bits per heavy atom. The van der Waals surface area contributed by atoms with Crippen molar-refractivity contribution in [3.05, 3.63) is 12.2 Å². The monoisotopic (exact) mass is 746 g/mol. The van der Waals surface area contributed by atoms with Gasteiger partial charge < -0.3 is 20.1 Å². The van der Waals surface area contributed by atoms with E-state index in [1.54, 1.807) is 0 Å². The summed E-state index contributed by atoms with van der Waals surface area (Å²) >= 11 is 0. The molecule has 0 amide bonds. The molecule has 0 aliphatic heterocycles. The lowest BCUT2D eigenvalue weighted by atomic mass is 10.0. The van der Waals surface area contributed by atoms with Crippen LogP contribution < -0.4 is 5.73 Å². The van der Waals surface area contributed by atoms with Gasteiger partial charge >= 0.3 is 19.8 Å². The molecule has 0 radical (unpaired) electrons. The number of phosphoric acid groups is 1. The van der Waals surface area contributed by atoms with Gasteiger partial charge in [-0.05, 0) is 38.5 Å². The highest BCUT2D eigenvalue weighted by Crippen LogP contribution is 2.43. The van der Waals surface area contributed by atoms with Gasteiger partial charge in [0.25, 0.3) is 0 Å². The molecule has 10 heteroatoms. The van der Waals surface area contributed by atoms with Gasteiger partial charge in [-0.1, -0.05) is 167 Å². The number of carbonyl (C=O) groups excluding carboxylic acids is 2. The van der Waals surface area contributed by atoms with E-state index >= 15 is 0 Å². The molecule has 302 valence electrons. The van der Waals surface area contributed by atoms with Crippen molar-refractivity contribution in [2.45, 2.75) is 213 Å².